The lowest BCUT2D eigenvalue weighted by Crippen LogP contribution is -2.37. The molecule has 0 spiro atoms. The molecule has 29 heavy (non-hydrogen) atoms. The lowest BCUT2D eigenvalue weighted by Gasteiger charge is -2.30. The van der Waals surface area contributed by atoms with Gasteiger partial charge in [-0.25, -0.2) is 4.39 Å². The predicted molar refractivity (Wildman–Crippen MR) is 109 cm³/mol. The average Bonchev–Trinajstić information content (AvgIpc) is 3.31. The van der Waals surface area contributed by atoms with E-state index in [1.54, 1.807) is 23.1 Å². The normalized spacial score (nSPS) is 21.9. The molecular formula is C24H24FNO3. The molecule has 1 aliphatic carbocycles. The minimum atomic E-state index is -0.708. The standard InChI is InChI=1S/C24H24FNO3/c1-14-7-8-17(13-15(14)2)22(27)20-21(16-9-11-18(25)12-10-16)26(24(29)23(20)28)19-5-3-4-6-19/h7-13,19,21,27H,3-6H2,1-2H3/b22-20-. The van der Waals surface area contributed by atoms with Gasteiger partial charge in [0.15, 0.2) is 0 Å². The van der Waals surface area contributed by atoms with Crippen LogP contribution in [-0.4, -0.2) is 27.7 Å². The number of rotatable bonds is 3. The van der Waals surface area contributed by atoms with E-state index in [4.69, 9.17) is 0 Å². The van der Waals surface area contributed by atoms with Gasteiger partial charge in [-0.2, -0.15) is 0 Å². The number of hydrogen-bond donors (Lipinski definition) is 1. The Morgan fingerprint density at radius 2 is 1.66 bits per heavy atom. The van der Waals surface area contributed by atoms with Crippen LogP contribution in [0, 0.1) is 19.7 Å². The maximum absolute atomic E-state index is 13.5. The van der Waals surface area contributed by atoms with Crippen molar-refractivity contribution >= 4 is 17.4 Å². The van der Waals surface area contributed by atoms with Crippen molar-refractivity contribution in [2.75, 3.05) is 0 Å². The van der Waals surface area contributed by atoms with Gasteiger partial charge in [0.2, 0.25) is 0 Å². The first-order valence-corrected chi connectivity index (χ1v) is 10.0. The number of nitrogens with zero attached hydrogens (tertiary/aromatic N) is 1. The molecule has 5 heteroatoms. The molecule has 1 saturated carbocycles. The molecule has 1 saturated heterocycles. The minimum absolute atomic E-state index is 0.0495. The van der Waals surface area contributed by atoms with Crippen molar-refractivity contribution in [3.8, 4) is 0 Å². The van der Waals surface area contributed by atoms with Crippen LogP contribution in [0.5, 0.6) is 0 Å². The number of amides is 1. The fourth-order valence-electron chi connectivity index (χ4n) is 4.43. The van der Waals surface area contributed by atoms with Crippen molar-refractivity contribution < 1.29 is 19.1 Å². The second-order valence-electron chi connectivity index (χ2n) is 8.00. The van der Waals surface area contributed by atoms with Gasteiger partial charge in [0.1, 0.15) is 11.6 Å². The number of carbonyl (C=O) groups excluding carboxylic acids is 2. The number of aryl methyl sites for hydroxylation is 2. The zero-order valence-electron chi connectivity index (χ0n) is 16.6. The smallest absolute Gasteiger partial charge is 0.295 e. The van der Waals surface area contributed by atoms with E-state index in [0.717, 1.165) is 36.8 Å². The van der Waals surface area contributed by atoms with Crippen molar-refractivity contribution in [3.63, 3.8) is 0 Å². The van der Waals surface area contributed by atoms with E-state index in [1.165, 1.54) is 12.1 Å². The Bertz CT molecular complexity index is 1000. The maximum atomic E-state index is 13.5. The molecule has 150 valence electrons. The van der Waals surface area contributed by atoms with Crippen LogP contribution in [0.15, 0.2) is 48.0 Å². The largest absolute Gasteiger partial charge is 0.507 e. The van der Waals surface area contributed by atoms with Gasteiger partial charge in [-0.15, -0.1) is 0 Å². The summed E-state index contributed by atoms with van der Waals surface area (Å²) in [6, 6.07) is 10.5. The van der Waals surface area contributed by atoms with E-state index in [-0.39, 0.29) is 23.2 Å². The van der Waals surface area contributed by atoms with Gasteiger partial charge in [-0.1, -0.05) is 37.1 Å². The first-order chi connectivity index (χ1) is 13.9. The van der Waals surface area contributed by atoms with Crippen LogP contribution in [-0.2, 0) is 9.59 Å². The summed E-state index contributed by atoms with van der Waals surface area (Å²) >= 11 is 0. The number of aliphatic hydroxyl groups is 1. The molecule has 1 unspecified atom stereocenters. The number of ketones is 1. The molecule has 1 aliphatic heterocycles. The number of carbonyl (C=O) groups is 2. The third kappa shape index (κ3) is 3.35. The number of hydrogen-bond acceptors (Lipinski definition) is 3. The van der Waals surface area contributed by atoms with Crippen molar-refractivity contribution in [2.24, 2.45) is 0 Å². The van der Waals surface area contributed by atoms with E-state index < -0.39 is 17.7 Å². The SMILES string of the molecule is Cc1ccc(/C(O)=C2/C(=O)C(=O)N(C3CCCC3)C2c2ccc(F)cc2)cc1C. The lowest BCUT2D eigenvalue weighted by molar-refractivity contribution is -0.141. The minimum Gasteiger partial charge on any atom is -0.507 e. The number of halogens is 1. The maximum Gasteiger partial charge on any atom is 0.295 e. The molecule has 4 rings (SSSR count). The predicted octanol–water partition coefficient (Wildman–Crippen LogP) is 4.81. The van der Waals surface area contributed by atoms with Crippen molar-refractivity contribution in [1.29, 1.82) is 0 Å². The van der Waals surface area contributed by atoms with Gasteiger partial charge >= 0.3 is 0 Å². The Balaban J connectivity index is 1.89. The molecule has 0 bridgehead atoms. The van der Waals surface area contributed by atoms with Gasteiger partial charge < -0.3 is 10.0 Å². The highest BCUT2D eigenvalue weighted by molar-refractivity contribution is 6.46. The Kier molecular flexibility index (Phi) is 4.99. The number of likely N-dealkylation sites (tertiary alicyclic amines) is 1. The molecule has 0 radical (unpaired) electrons. The molecule has 2 aliphatic rings. The highest BCUT2D eigenvalue weighted by Crippen LogP contribution is 2.43. The fraction of sp³-hybridized carbons (Fsp3) is 0.333. The zero-order chi connectivity index (χ0) is 20.7. The van der Waals surface area contributed by atoms with Gasteiger partial charge in [0.05, 0.1) is 11.6 Å². The molecule has 0 aromatic heterocycles. The third-order valence-corrected chi connectivity index (χ3v) is 6.16. The summed E-state index contributed by atoms with van der Waals surface area (Å²) in [5, 5.41) is 11.1. The fourth-order valence-corrected chi connectivity index (χ4v) is 4.43. The van der Waals surface area contributed by atoms with Crippen molar-refractivity contribution in [1.82, 2.24) is 4.90 Å². The van der Waals surface area contributed by atoms with E-state index in [9.17, 15) is 19.1 Å². The van der Waals surface area contributed by atoms with Crippen molar-refractivity contribution in [3.05, 3.63) is 76.1 Å². The average molecular weight is 393 g/mol. The van der Waals surface area contributed by atoms with Crippen LogP contribution >= 0.6 is 0 Å². The van der Waals surface area contributed by atoms with Crippen LogP contribution in [0.3, 0.4) is 0 Å². The zero-order valence-corrected chi connectivity index (χ0v) is 16.6. The number of aliphatic hydroxyl groups excluding tert-OH is 1. The molecule has 1 atom stereocenters. The molecular weight excluding hydrogens is 369 g/mol. The second-order valence-corrected chi connectivity index (χ2v) is 8.00. The number of benzene rings is 2. The van der Waals surface area contributed by atoms with Crippen LogP contribution in [0.2, 0.25) is 0 Å². The van der Waals surface area contributed by atoms with Crippen LogP contribution in [0.25, 0.3) is 5.76 Å². The van der Waals surface area contributed by atoms with Gasteiger partial charge in [0.25, 0.3) is 11.7 Å². The molecule has 1 amide bonds. The molecule has 2 aromatic rings. The van der Waals surface area contributed by atoms with Crippen LogP contribution in [0.1, 0.15) is 54.0 Å². The Morgan fingerprint density at radius 1 is 1.00 bits per heavy atom. The summed E-state index contributed by atoms with van der Waals surface area (Å²) in [5.41, 5.74) is 3.27. The third-order valence-electron chi connectivity index (χ3n) is 6.16. The van der Waals surface area contributed by atoms with E-state index in [2.05, 4.69) is 0 Å². The Morgan fingerprint density at radius 3 is 2.28 bits per heavy atom. The molecule has 1 N–H and O–H groups in total. The van der Waals surface area contributed by atoms with Gasteiger partial charge in [-0.05, 0) is 61.6 Å². The van der Waals surface area contributed by atoms with E-state index in [1.807, 2.05) is 26.0 Å². The molecule has 4 nitrogen and oxygen atoms in total. The van der Waals surface area contributed by atoms with Gasteiger partial charge in [0, 0.05) is 11.6 Å². The van der Waals surface area contributed by atoms with Crippen LogP contribution in [0.4, 0.5) is 4.39 Å². The number of Topliss-reactive ketones (excluding diaryl/α,β-unsaturated/α-hetero) is 1. The lowest BCUT2D eigenvalue weighted by atomic mass is 9.94. The van der Waals surface area contributed by atoms with Crippen molar-refractivity contribution in [2.45, 2.75) is 51.6 Å². The topological polar surface area (TPSA) is 57.6 Å². The summed E-state index contributed by atoms with van der Waals surface area (Å²) in [5.74, 6) is -1.83. The monoisotopic (exact) mass is 393 g/mol. The van der Waals surface area contributed by atoms with E-state index in [0.29, 0.717) is 11.1 Å². The Labute approximate surface area is 169 Å². The highest BCUT2D eigenvalue weighted by Gasteiger charge is 2.49. The summed E-state index contributed by atoms with van der Waals surface area (Å²) < 4.78 is 13.5. The summed E-state index contributed by atoms with van der Waals surface area (Å²) in [6.45, 7) is 3.90. The highest BCUT2D eigenvalue weighted by atomic mass is 19.1. The van der Waals surface area contributed by atoms with E-state index >= 15 is 0 Å². The summed E-state index contributed by atoms with van der Waals surface area (Å²) in [6.07, 6.45) is 3.66. The first-order valence-electron chi connectivity index (χ1n) is 10.0. The summed E-state index contributed by atoms with van der Waals surface area (Å²) in [4.78, 5) is 27.6. The Hall–Kier alpha value is -2.95. The van der Waals surface area contributed by atoms with Gasteiger partial charge in [-0.3, -0.25) is 9.59 Å². The second kappa shape index (κ2) is 7.47. The molecule has 2 fully saturated rings. The summed E-state index contributed by atoms with van der Waals surface area (Å²) in [7, 11) is 0. The first kappa shape index (κ1) is 19.4. The molecule has 1 heterocycles. The quantitative estimate of drug-likeness (QED) is 0.463. The molecule has 2 aromatic carbocycles. The van der Waals surface area contributed by atoms with Crippen LogP contribution < -0.4 is 0 Å².